The highest BCUT2D eigenvalue weighted by molar-refractivity contribution is 5.22. The summed E-state index contributed by atoms with van der Waals surface area (Å²) in [7, 11) is 0. The fourth-order valence-corrected chi connectivity index (χ4v) is 2.80. The van der Waals surface area contributed by atoms with E-state index in [4.69, 9.17) is 0 Å². The van der Waals surface area contributed by atoms with Crippen molar-refractivity contribution in [2.75, 3.05) is 6.54 Å². The molecule has 1 saturated heterocycles. The van der Waals surface area contributed by atoms with Crippen LogP contribution < -0.4 is 5.32 Å². The van der Waals surface area contributed by atoms with Gasteiger partial charge in [-0.1, -0.05) is 91.7 Å². The molecule has 1 N–H and O–H groups in total. The minimum Gasteiger partial charge on any atom is -0.310 e. The molecule has 0 aliphatic carbocycles. The van der Waals surface area contributed by atoms with Crippen LogP contribution in [0.15, 0.2) is 66.7 Å². The largest absolute Gasteiger partial charge is 0.310 e. The molecule has 3 rings (SSSR count). The molecule has 0 spiro atoms. The lowest BCUT2D eigenvalue weighted by atomic mass is 9.99. The Hall–Kier alpha value is -1.86. The van der Waals surface area contributed by atoms with Gasteiger partial charge < -0.3 is 5.32 Å². The summed E-state index contributed by atoms with van der Waals surface area (Å²) in [5.74, 6) is 0. The maximum atomic E-state index is 4.21. The van der Waals surface area contributed by atoms with E-state index in [9.17, 15) is 0 Å². The second kappa shape index (κ2) is 12.5. The highest BCUT2D eigenvalue weighted by Crippen LogP contribution is 2.18. The van der Waals surface area contributed by atoms with Crippen LogP contribution in [-0.4, -0.2) is 12.6 Å². The quantitative estimate of drug-likeness (QED) is 0.649. The Kier molecular flexibility index (Phi) is 10.6. The molecule has 1 unspecified atom stereocenters. The molecule has 0 bridgehead atoms. The lowest BCUT2D eigenvalue weighted by Gasteiger charge is -2.13. The molecular weight excluding hydrogens is 302 g/mol. The molecule has 1 aliphatic rings. The molecule has 1 nitrogen and oxygen atoms in total. The molecule has 2 aromatic carbocycles. The van der Waals surface area contributed by atoms with Gasteiger partial charge in [0.1, 0.15) is 0 Å². The van der Waals surface area contributed by atoms with Gasteiger partial charge in [-0.3, -0.25) is 0 Å². The van der Waals surface area contributed by atoms with E-state index in [1.54, 1.807) is 0 Å². The van der Waals surface area contributed by atoms with Crippen molar-refractivity contribution in [3.63, 3.8) is 0 Å². The average Bonchev–Trinajstić information content (AvgIpc) is 3.19. The molecule has 2 aromatic rings. The highest BCUT2D eigenvalue weighted by Gasteiger charge is 2.16. The summed E-state index contributed by atoms with van der Waals surface area (Å²) in [6, 6.07) is 19.7. The molecule has 1 heterocycles. The van der Waals surface area contributed by atoms with Crippen LogP contribution in [0.25, 0.3) is 0 Å². The van der Waals surface area contributed by atoms with Crippen LogP contribution in [0, 0.1) is 13.8 Å². The molecule has 0 radical (unpaired) electrons. The van der Waals surface area contributed by atoms with Crippen molar-refractivity contribution < 1.29 is 0 Å². The van der Waals surface area contributed by atoms with Crippen molar-refractivity contribution in [3.05, 3.63) is 83.4 Å². The summed E-state index contributed by atoms with van der Waals surface area (Å²) in [6.07, 6.45) is 4.80. The number of nitrogens with one attached hydrogen (secondary N) is 1. The van der Waals surface area contributed by atoms with E-state index in [-0.39, 0.29) is 0 Å². The Balaban J connectivity index is 0.000000290. The van der Waals surface area contributed by atoms with Gasteiger partial charge in [0.2, 0.25) is 0 Å². The molecule has 25 heavy (non-hydrogen) atoms. The first-order valence-corrected chi connectivity index (χ1v) is 9.63. The first-order valence-electron chi connectivity index (χ1n) is 9.63. The second-order valence-electron chi connectivity index (χ2n) is 6.45. The lowest BCUT2D eigenvalue weighted by Crippen LogP contribution is -2.23. The summed E-state index contributed by atoms with van der Waals surface area (Å²) in [4.78, 5) is 0. The van der Waals surface area contributed by atoms with E-state index >= 15 is 0 Å². The van der Waals surface area contributed by atoms with E-state index in [1.807, 2.05) is 32.0 Å². The normalized spacial score (nSPS) is 15.4. The third-order valence-corrected chi connectivity index (χ3v) is 4.35. The van der Waals surface area contributed by atoms with Crippen LogP contribution >= 0.6 is 0 Å². The topological polar surface area (TPSA) is 12.0 Å². The van der Waals surface area contributed by atoms with Crippen molar-refractivity contribution in [2.24, 2.45) is 0 Å². The molecular formula is C24H35N. The summed E-state index contributed by atoms with van der Waals surface area (Å²) in [6.45, 7) is 13.6. The van der Waals surface area contributed by atoms with Gasteiger partial charge in [0.05, 0.1) is 0 Å². The van der Waals surface area contributed by atoms with Gasteiger partial charge in [0.25, 0.3) is 0 Å². The van der Waals surface area contributed by atoms with Gasteiger partial charge in [-0.05, 0) is 51.6 Å². The van der Waals surface area contributed by atoms with Crippen molar-refractivity contribution in [3.8, 4) is 0 Å². The van der Waals surface area contributed by atoms with Gasteiger partial charge in [-0.25, -0.2) is 0 Å². The van der Waals surface area contributed by atoms with E-state index in [0.29, 0.717) is 6.04 Å². The van der Waals surface area contributed by atoms with E-state index < -0.39 is 0 Å². The predicted molar refractivity (Wildman–Crippen MR) is 112 cm³/mol. The molecule has 0 saturated carbocycles. The Morgan fingerprint density at radius 2 is 1.56 bits per heavy atom. The Morgan fingerprint density at radius 3 is 2.04 bits per heavy atom. The predicted octanol–water partition coefficient (Wildman–Crippen LogP) is 6.26. The minimum atomic E-state index is 0.574. The van der Waals surface area contributed by atoms with Crippen molar-refractivity contribution in [1.29, 1.82) is 0 Å². The molecule has 136 valence electrons. The van der Waals surface area contributed by atoms with Crippen LogP contribution in [0.4, 0.5) is 0 Å². The third kappa shape index (κ3) is 8.69. The fraction of sp³-hybridized carbons (Fsp3) is 0.417. The maximum Gasteiger partial charge on any atom is 0.0277 e. The molecule has 1 aliphatic heterocycles. The Morgan fingerprint density at radius 1 is 0.960 bits per heavy atom. The summed E-state index contributed by atoms with van der Waals surface area (Å²) in [5.41, 5.74) is 5.45. The molecule has 1 atom stereocenters. The number of hydrogen-bond acceptors (Lipinski definition) is 1. The number of rotatable bonds is 4. The molecule has 0 aromatic heterocycles. The Labute approximate surface area is 155 Å². The van der Waals surface area contributed by atoms with Crippen molar-refractivity contribution in [2.45, 2.75) is 59.4 Å². The minimum absolute atomic E-state index is 0.574. The van der Waals surface area contributed by atoms with E-state index in [2.05, 4.69) is 62.1 Å². The van der Waals surface area contributed by atoms with Crippen LogP contribution in [0.5, 0.6) is 0 Å². The van der Waals surface area contributed by atoms with Crippen LogP contribution in [0.3, 0.4) is 0 Å². The number of benzene rings is 2. The van der Waals surface area contributed by atoms with Gasteiger partial charge >= 0.3 is 0 Å². The smallest absolute Gasteiger partial charge is 0.0277 e. The first kappa shape index (κ1) is 21.2. The van der Waals surface area contributed by atoms with Crippen LogP contribution in [-0.2, 0) is 6.42 Å². The van der Waals surface area contributed by atoms with Gasteiger partial charge in [0, 0.05) is 6.04 Å². The number of aryl methyl sites for hydroxylation is 3. The molecule has 1 heteroatoms. The zero-order valence-corrected chi connectivity index (χ0v) is 16.5. The van der Waals surface area contributed by atoms with E-state index in [1.165, 1.54) is 35.1 Å². The standard InChI is InChI=1S/C15H21N.C7H8.C2H6/c1-12-5-8-14(9-6-12)10-7-13(2)15-4-3-11-16-15;1-7-5-3-2-4-6-7;1-2/h5-6,8-9,15-16H,2-4,7,10-11H2,1H3;2-6H,1H3;1-2H3. The average molecular weight is 338 g/mol. The zero-order chi connectivity index (χ0) is 18.5. The van der Waals surface area contributed by atoms with Crippen molar-refractivity contribution >= 4 is 0 Å². The SMILES string of the molecule is C=C(CCc1ccc(C)cc1)C1CCCN1.CC.Cc1ccccc1. The highest BCUT2D eigenvalue weighted by atomic mass is 14.9. The second-order valence-corrected chi connectivity index (χ2v) is 6.45. The number of hydrogen-bond donors (Lipinski definition) is 1. The molecule has 1 fully saturated rings. The van der Waals surface area contributed by atoms with Gasteiger partial charge in [-0.2, -0.15) is 0 Å². The zero-order valence-electron chi connectivity index (χ0n) is 16.5. The summed E-state index contributed by atoms with van der Waals surface area (Å²) < 4.78 is 0. The first-order chi connectivity index (χ1) is 12.1. The Bertz CT molecular complexity index is 577. The van der Waals surface area contributed by atoms with Gasteiger partial charge in [0.15, 0.2) is 0 Å². The summed E-state index contributed by atoms with van der Waals surface area (Å²) in [5, 5.41) is 3.50. The van der Waals surface area contributed by atoms with Crippen LogP contribution in [0.2, 0.25) is 0 Å². The third-order valence-electron chi connectivity index (χ3n) is 4.35. The van der Waals surface area contributed by atoms with Crippen molar-refractivity contribution in [1.82, 2.24) is 5.32 Å². The van der Waals surface area contributed by atoms with E-state index in [0.717, 1.165) is 19.4 Å². The monoisotopic (exact) mass is 337 g/mol. The van der Waals surface area contributed by atoms with Gasteiger partial charge in [-0.15, -0.1) is 0 Å². The fourth-order valence-electron chi connectivity index (χ4n) is 2.80. The summed E-state index contributed by atoms with van der Waals surface area (Å²) >= 11 is 0. The molecule has 0 amide bonds. The maximum absolute atomic E-state index is 4.21. The van der Waals surface area contributed by atoms with Crippen LogP contribution in [0.1, 0.15) is 49.8 Å². The lowest BCUT2D eigenvalue weighted by molar-refractivity contribution is 0.658.